The lowest BCUT2D eigenvalue weighted by Gasteiger charge is -2.40. The molecule has 3 rings (SSSR count). The van der Waals surface area contributed by atoms with Crippen LogP contribution in [0.3, 0.4) is 0 Å². The SMILES string of the molecule is CC(O)(CC1CCCCN1)C1NCCc2ccccc21. The fourth-order valence-corrected chi connectivity index (χ4v) is 3.77. The molecule has 1 aromatic carbocycles. The normalized spacial score (nSPS) is 29.5. The van der Waals surface area contributed by atoms with Gasteiger partial charge in [0.05, 0.1) is 11.6 Å². The van der Waals surface area contributed by atoms with E-state index in [9.17, 15) is 5.11 Å². The summed E-state index contributed by atoms with van der Waals surface area (Å²) in [5, 5.41) is 18.1. The van der Waals surface area contributed by atoms with E-state index < -0.39 is 5.60 Å². The summed E-state index contributed by atoms with van der Waals surface area (Å²) in [6.07, 6.45) is 5.61. The summed E-state index contributed by atoms with van der Waals surface area (Å²) in [7, 11) is 0. The van der Waals surface area contributed by atoms with Gasteiger partial charge in [0.2, 0.25) is 0 Å². The van der Waals surface area contributed by atoms with Gasteiger partial charge in [-0.1, -0.05) is 30.7 Å². The lowest BCUT2D eigenvalue weighted by atomic mass is 9.79. The fraction of sp³-hybridized carbons (Fsp3) is 0.647. The van der Waals surface area contributed by atoms with E-state index in [0.717, 1.165) is 25.9 Å². The second-order valence-corrected chi connectivity index (χ2v) is 6.54. The van der Waals surface area contributed by atoms with Gasteiger partial charge < -0.3 is 15.7 Å². The molecule has 0 radical (unpaired) electrons. The maximum absolute atomic E-state index is 11.0. The smallest absolute Gasteiger partial charge is 0.0828 e. The van der Waals surface area contributed by atoms with E-state index in [-0.39, 0.29) is 6.04 Å². The number of nitrogens with one attached hydrogen (secondary N) is 2. The monoisotopic (exact) mass is 274 g/mol. The van der Waals surface area contributed by atoms with Gasteiger partial charge in [-0.15, -0.1) is 0 Å². The van der Waals surface area contributed by atoms with Gasteiger partial charge in [0, 0.05) is 6.04 Å². The molecule has 2 aliphatic heterocycles. The number of aliphatic hydroxyl groups is 1. The van der Waals surface area contributed by atoms with Gasteiger partial charge in [0.15, 0.2) is 0 Å². The average Bonchev–Trinajstić information content (AvgIpc) is 2.47. The molecule has 1 fully saturated rings. The highest BCUT2D eigenvalue weighted by molar-refractivity contribution is 5.34. The Morgan fingerprint density at radius 1 is 1.20 bits per heavy atom. The molecule has 1 saturated heterocycles. The quantitative estimate of drug-likeness (QED) is 0.791. The highest BCUT2D eigenvalue weighted by Gasteiger charge is 2.37. The molecule has 0 bridgehead atoms. The second kappa shape index (κ2) is 5.84. The third-order valence-corrected chi connectivity index (χ3v) is 4.80. The summed E-state index contributed by atoms with van der Waals surface area (Å²) in [5.74, 6) is 0. The maximum atomic E-state index is 11.0. The Labute approximate surface area is 121 Å². The van der Waals surface area contributed by atoms with E-state index in [4.69, 9.17) is 0 Å². The predicted molar refractivity (Wildman–Crippen MR) is 81.8 cm³/mol. The van der Waals surface area contributed by atoms with Gasteiger partial charge in [-0.2, -0.15) is 0 Å². The molecule has 3 N–H and O–H groups in total. The minimum absolute atomic E-state index is 0.0520. The lowest BCUT2D eigenvalue weighted by Crippen LogP contribution is -2.49. The van der Waals surface area contributed by atoms with E-state index >= 15 is 0 Å². The Morgan fingerprint density at radius 3 is 2.85 bits per heavy atom. The number of hydrogen-bond acceptors (Lipinski definition) is 3. The van der Waals surface area contributed by atoms with Crippen molar-refractivity contribution in [1.82, 2.24) is 10.6 Å². The van der Waals surface area contributed by atoms with Crippen LogP contribution in [0.1, 0.15) is 49.8 Å². The van der Waals surface area contributed by atoms with Crippen LogP contribution in [0.15, 0.2) is 24.3 Å². The summed E-state index contributed by atoms with van der Waals surface area (Å²) >= 11 is 0. The van der Waals surface area contributed by atoms with E-state index in [0.29, 0.717) is 6.04 Å². The lowest BCUT2D eigenvalue weighted by molar-refractivity contribution is -0.00309. The van der Waals surface area contributed by atoms with Crippen molar-refractivity contribution in [1.29, 1.82) is 0 Å². The van der Waals surface area contributed by atoms with Gasteiger partial charge >= 0.3 is 0 Å². The first-order valence-corrected chi connectivity index (χ1v) is 7.94. The van der Waals surface area contributed by atoms with Crippen molar-refractivity contribution in [3.05, 3.63) is 35.4 Å². The molecule has 20 heavy (non-hydrogen) atoms. The molecule has 2 aliphatic rings. The summed E-state index contributed by atoms with van der Waals surface area (Å²) in [4.78, 5) is 0. The zero-order chi connectivity index (χ0) is 14.0. The Morgan fingerprint density at radius 2 is 2.05 bits per heavy atom. The first-order chi connectivity index (χ1) is 9.67. The van der Waals surface area contributed by atoms with Crippen LogP contribution in [0.5, 0.6) is 0 Å². The van der Waals surface area contributed by atoms with Crippen molar-refractivity contribution in [3.8, 4) is 0 Å². The first kappa shape index (κ1) is 14.1. The Kier molecular flexibility index (Phi) is 4.11. The van der Waals surface area contributed by atoms with Gasteiger partial charge in [0.1, 0.15) is 0 Å². The van der Waals surface area contributed by atoms with E-state index in [1.165, 1.54) is 30.4 Å². The second-order valence-electron chi connectivity index (χ2n) is 6.54. The van der Waals surface area contributed by atoms with Crippen molar-refractivity contribution in [2.75, 3.05) is 13.1 Å². The molecule has 110 valence electrons. The van der Waals surface area contributed by atoms with E-state index in [2.05, 4.69) is 34.9 Å². The highest BCUT2D eigenvalue weighted by atomic mass is 16.3. The molecular formula is C17H26N2O. The third-order valence-electron chi connectivity index (χ3n) is 4.80. The zero-order valence-electron chi connectivity index (χ0n) is 12.4. The summed E-state index contributed by atoms with van der Waals surface area (Å²) in [6, 6.07) is 9.03. The average molecular weight is 274 g/mol. The van der Waals surface area contributed by atoms with Crippen molar-refractivity contribution >= 4 is 0 Å². The van der Waals surface area contributed by atoms with Gasteiger partial charge in [-0.25, -0.2) is 0 Å². The largest absolute Gasteiger partial charge is 0.388 e. The fourth-order valence-electron chi connectivity index (χ4n) is 3.77. The van der Waals surface area contributed by atoms with Crippen LogP contribution < -0.4 is 10.6 Å². The van der Waals surface area contributed by atoms with E-state index in [1.807, 2.05) is 6.92 Å². The summed E-state index contributed by atoms with van der Waals surface area (Å²) < 4.78 is 0. The van der Waals surface area contributed by atoms with Crippen molar-refractivity contribution < 1.29 is 5.11 Å². The molecule has 3 atom stereocenters. The molecule has 0 saturated carbocycles. The number of piperidine rings is 1. The van der Waals surface area contributed by atoms with E-state index in [1.54, 1.807) is 0 Å². The minimum Gasteiger partial charge on any atom is -0.388 e. The first-order valence-electron chi connectivity index (χ1n) is 7.94. The van der Waals surface area contributed by atoms with Crippen LogP contribution in [0, 0.1) is 0 Å². The zero-order valence-corrected chi connectivity index (χ0v) is 12.4. The molecule has 0 amide bonds. The van der Waals surface area contributed by atoms with Gasteiger partial charge in [0.25, 0.3) is 0 Å². The van der Waals surface area contributed by atoms with Gasteiger partial charge in [-0.3, -0.25) is 0 Å². The number of benzene rings is 1. The number of hydrogen-bond donors (Lipinski definition) is 3. The number of fused-ring (bicyclic) bond motifs is 1. The molecule has 0 spiro atoms. The third kappa shape index (κ3) is 2.90. The maximum Gasteiger partial charge on any atom is 0.0828 e. The minimum atomic E-state index is -0.703. The van der Waals surface area contributed by atoms with Gasteiger partial charge in [-0.05, 0) is 56.8 Å². The van der Waals surface area contributed by atoms with Crippen molar-refractivity contribution in [3.63, 3.8) is 0 Å². The standard InChI is InChI=1S/C17H26N2O/c1-17(20,12-14-7-4-5-10-18-14)16-15-8-3-2-6-13(15)9-11-19-16/h2-3,6,8,14,16,18-20H,4-5,7,9-12H2,1H3. The van der Waals surface area contributed by atoms with Crippen molar-refractivity contribution in [2.45, 2.75) is 56.7 Å². The van der Waals surface area contributed by atoms with Crippen LogP contribution in [0.4, 0.5) is 0 Å². The molecule has 0 aliphatic carbocycles. The Hall–Kier alpha value is -0.900. The topological polar surface area (TPSA) is 44.3 Å². The molecule has 1 aromatic rings. The Balaban J connectivity index is 1.77. The Bertz CT molecular complexity index is 452. The van der Waals surface area contributed by atoms with Crippen LogP contribution in [-0.4, -0.2) is 29.8 Å². The predicted octanol–water partition coefficient (Wildman–Crippen LogP) is 2.16. The van der Waals surface area contributed by atoms with Crippen LogP contribution in [-0.2, 0) is 6.42 Å². The highest BCUT2D eigenvalue weighted by Crippen LogP contribution is 2.35. The summed E-state index contributed by atoms with van der Waals surface area (Å²) in [5.41, 5.74) is 1.96. The molecule has 3 heteroatoms. The molecule has 0 aromatic heterocycles. The van der Waals surface area contributed by atoms with Crippen LogP contribution >= 0.6 is 0 Å². The molecular weight excluding hydrogens is 248 g/mol. The molecule has 2 heterocycles. The molecule has 3 unspecified atom stereocenters. The van der Waals surface area contributed by atoms with Crippen LogP contribution in [0.2, 0.25) is 0 Å². The van der Waals surface area contributed by atoms with Crippen LogP contribution in [0.25, 0.3) is 0 Å². The molecule has 3 nitrogen and oxygen atoms in total. The van der Waals surface area contributed by atoms with Crippen molar-refractivity contribution in [2.24, 2.45) is 0 Å². The number of rotatable bonds is 3. The summed E-state index contributed by atoms with van der Waals surface area (Å²) in [6.45, 7) is 4.04.